The van der Waals surface area contributed by atoms with Gasteiger partial charge in [-0.25, -0.2) is 0 Å². The third-order valence-corrected chi connectivity index (χ3v) is 12.7. The van der Waals surface area contributed by atoms with E-state index < -0.39 is 6.10 Å². The van der Waals surface area contributed by atoms with Crippen LogP contribution in [-0.4, -0.2) is 37.2 Å². The first-order valence-corrected chi connectivity index (χ1v) is 29.3. The Balaban J connectivity index is 4.32. The molecule has 0 aromatic heterocycles. The lowest BCUT2D eigenvalue weighted by Gasteiger charge is -2.18. The molecule has 0 spiro atoms. The lowest BCUT2D eigenvalue weighted by molar-refractivity contribution is -0.167. The first-order valence-electron chi connectivity index (χ1n) is 29.3. The predicted octanol–water partition coefficient (Wildman–Crippen LogP) is 19.6. The highest BCUT2D eigenvalue weighted by Gasteiger charge is 2.19. The molecule has 68 heavy (non-hydrogen) atoms. The summed E-state index contributed by atoms with van der Waals surface area (Å²) >= 11 is 0. The van der Waals surface area contributed by atoms with E-state index in [0.29, 0.717) is 19.3 Å². The molecule has 394 valence electrons. The minimum Gasteiger partial charge on any atom is -0.462 e. The summed E-state index contributed by atoms with van der Waals surface area (Å²) in [6.45, 7) is 6.57. The van der Waals surface area contributed by atoms with Crippen LogP contribution in [0.3, 0.4) is 0 Å². The van der Waals surface area contributed by atoms with Crippen LogP contribution < -0.4 is 0 Å². The minimum absolute atomic E-state index is 0.0831. The third-order valence-electron chi connectivity index (χ3n) is 12.7. The number of hydrogen-bond donors (Lipinski definition) is 0. The Hall–Kier alpha value is -2.89. The van der Waals surface area contributed by atoms with Crippen molar-refractivity contribution in [2.45, 2.75) is 303 Å². The lowest BCUT2D eigenvalue weighted by Crippen LogP contribution is -2.30. The number of rotatable bonds is 53. The second kappa shape index (κ2) is 56.7. The van der Waals surface area contributed by atoms with Crippen LogP contribution in [0.2, 0.25) is 0 Å². The highest BCUT2D eigenvalue weighted by molar-refractivity contribution is 5.71. The molecule has 0 aliphatic rings. The molecule has 0 aliphatic heterocycles. The summed E-state index contributed by atoms with van der Waals surface area (Å²) < 4.78 is 16.8. The van der Waals surface area contributed by atoms with E-state index in [-0.39, 0.29) is 31.1 Å². The van der Waals surface area contributed by atoms with E-state index in [1.165, 1.54) is 167 Å². The van der Waals surface area contributed by atoms with Crippen LogP contribution in [0, 0.1) is 0 Å². The zero-order valence-electron chi connectivity index (χ0n) is 45.1. The van der Waals surface area contributed by atoms with Gasteiger partial charge < -0.3 is 14.2 Å². The number of esters is 3. The van der Waals surface area contributed by atoms with Gasteiger partial charge in [-0.1, -0.05) is 236 Å². The Morgan fingerprint density at radius 1 is 0.294 bits per heavy atom. The molecule has 0 aliphatic carbocycles. The van der Waals surface area contributed by atoms with Crippen molar-refractivity contribution in [3.05, 3.63) is 60.8 Å². The molecule has 0 amide bonds. The SMILES string of the molecule is CCC/C=C\CCCCCCCC(=O)OCC(COC(=O)CCCCCCCC/C=C\C/C=C\C/C=C\CCCCCCC)OC(=O)CCCCCCCCCCC/C=C\CCCCCCCC. The summed E-state index contributed by atoms with van der Waals surface area (Å²) in [4.78, 5) is 38.1. The van der Waals surface area contributed by atoms with Gasteiger partial charge >= 0.3 is 17.9 Å². The zero-order chi connectivity index (χ0) is 49.3. The Bertz CT molecular complexity index is 1230. The van der Waals surface area contributed by atoms with Gasteiger partial charge in [0, 0.05) is 19.3 Å². The van der Waals surface area contributed by atoms with Crippen LogP contribution in [0.15, 0.2) is 60.8 Å². The van der Waals surface area contributed by atoms with Crippen molar-refractivity contribution in [2.75, 3.05) is 13.2 Å². The molecular weight excluding hydrogens is 841 g/mol. The van der Waals surface area contributed by atoms with E-state index in [9.17, 15) is 14.4 Å². The fraction of sp³-hybridized carbons (Fsp3) is 0.790. The molecular formula is C62H110O6. The topological polar surface area (TPSA) is 78.9 Å². The van der Waals surface area contributed by atoms with Crippen LogP contribution in [0.5, 0.6) is 0 Å². The molecule has 0 N–H and O–H groups in total. The molecule has 0 bridgehead atoms. The Labute approximate surface area is 421 Å². The van der Waals surface area contributed by atoms with E-state index >= 15 is 0 Å². The predicted molar refractivity (Wildman–Crippen MR) is 293 cm³/mol. The smallest absolute Gasteiger partial charge is 0.306 e. The van der Waals surface area contributed by atoms with Crippen molar-refractivity contribution in [1.29, 1.82) is 0 Å². The van der Waals surface area contributed by atoms with Crippen molar-refractivity contribution >= 4 is 17.9 Å². The summed E-state index contributed by atoms with van der Waals surface area (Å²) in [6.07, 6.45) is 70.7. The maximum absolute atomic E-state index is 12.8. The van der Waals surface area contributed by atoms with E-state index in [0.717, 1.165) is 89.9 Å². The van der Waals surface area contributed by atoms with Gasteiger partial charge in [0.2, 0.25) is 0 Å². The molecule has 6 nitrogen and oxygen atoms in total. The van der Waals surface area contributed by atoms with Gasteiger partial charge in [-0.05, 0) is 103 Å². The highest BCUT2D eigenvalue weighted by Crippen LogP contribution is 2.15. The molecule has 0 aromatic rings. The number of hydrogen-bond acceptors (Lipinski definition) is 6. The number of ether oxygens (including phenoxy) is 3. The van der Waals surface area contributed by atoms with Gasteiger partial charge in [-0.15, -0.1) is 0 Å². The van der Waals surface area contributed by atoms with Gasteiger partial charge in [-0.3, -0.25) is 14.4 Å². The number of carbonyl (C=O) groups is 3. The summed E-state index contributed by atoms with van der Waals surface area (Å²) in [7, 11) is 0. The largest absolute Gasteiger partial charge is 0.462 e. The molecule has 1 atom stereocenters. The quantitative estimate of drug-likeness (QED) is 0.0262. The maximum atomic E-state index is 12.8. The monoisotopic (exact) mass is 951 g/mol. The fourth-order valence-corrected chi connectivity index (χ4v) is 8.27. The third kappa shape index (κ3) is 54.1. The fourth-order valence-electron chi connectivity index (χ4n) is 8.27. The lowest BCUT2D eigenvalue weighted by atomic mass is 10.1. The summed E-state index contributed by atoms with van der Waals surface area (Å²) in [6, 6.07) is 0. The van der Waals surface area contributed by atoms with Gasteiger partial charge in [0.1, 0.15) is 13.2 Å². The van der Waals surface area contributed by atoms with E-state index in [1.807, 2.05) is 0 Å². The molecule has 0 fully saturated rings. The molecule has 0 rings (SSSR count). The van der Waals surface area contributed by atoms with Crippen LogP contribution in [0.1, 0.15) is 297 Å². The summed E-state index contributed by atoms with van der Waals surface area (Å²) in [5.74, 6) is -0.898. The van der Waals surface area contributed by atoms with Crippen molar-refractivity contribution < 1.29 is 28.6 Å². The van der Waals surface area contributed by atoms with Crippen LogP contribution in [0.4, 0.5) is 0 Å². The van der Waals surface area contributed by atoms with Crippen LogP contribution >= 0.6 is 0 Å². The molecule has 0 heterocycles. The molecule has 6 heteroatoms. The minimum atomic E-state index is -0.783. The summed E-state index contributed by atoms with van der Waals surface area (Å²) in [5.41, 5.74) is 0. The Morgan fingerprint density at radius 3 is 0.897 bits per heavy atom. The number of unbranched alkanes of at least 4 members (excludes halogenated alkanes) is 32. The molecule has 0 saturated carbocycles. The summed E-state index contributed by atoms with van der Waals surface area (Å²) in [5, 5.41) is 0. The van der Waals surface area contributed by atoms with Crippen molar-refractivity contribution in [1.82, 2.24) is 0 Å². The Morgan fingerprint density at radius 2 is 0.559 bits per heavy atom. The second-order valence-corrected chi connectivity index (χ2v) is 19.5. The molecule has 0 radical (unpaired) electrons. The highest BCUT2D eigenvalue weighted by atomic mass is 16.6. The van der Waals surface area contributed by atoms with E-state index in [2.05, 4.69) is 81.5 Å². The van der Waals surface area contributed by atoms with Gasteiger partial charge in [0.25, 0.3) is 0 Å². The van der Waals surface area contributed by atoms with Gasteiger partial charge in [0.15, 0.2) is 6.10 Å². The van der Waals surface area contributed by atoms with E-state index in [4.69, 9.17) is 14.2 Å². The average molecular weight is 952 g/mol. The van der Waals surface area contributed by atoms with Crippen LogP contribution in [-0.2, 0) is 28.6 Å². The van der Waals surface area contributed by atoms with Crippen LogP contribution in [0.25, 0.3) is 0 Å². The van der Waals surface area contributed by atoms with Crippen molar-refractivity contribution in [3.63, 3.8) is 0 Å². The maximum Gasteiger partial charge on any atom is 0.306 e. The second-order valence-electron chi connectivity index (χ2n) is 19.5. The van der Waals surface area contributed by atoms with Crippen molar-refractivity contribution in [3.8, 4) is 0 Å². The normalized spacial score (nSPS) is 12.5. The first kappa shape index (κ1) is 65.1. The first-order chi connectivity index (χ1) is 33.5. The number of allylic oxidation sites excluding steroid dienone is 10. The van der Waals surface area contributed by atoms with E-state index in [1.54, 1.807) is 0 Å². The zero-order valence-corrected chi connectivity index (χ0v) is 45.1. The average Bonchev–Trinajstić information content (AvgIpc) is 3.34. The molecule has 1 unspecified atom stereocenters. The van der Waals surface area contributed by atoms with Gasteiger partial charge in [0.05, 0.1) is 0 Å². The van der Waals surface area contributed by atoms with Crippen molar-refractivity contribution in [2.24, 2.45) is 0 Å². The number of carbonyl (C=O) groups excluding carboxylic acids is 3. The molecule has 0 aromatic carbocycles. The standard InChI is InChI=1S/C62H110O6/c1-4-7-10-13-16-19-22-24-26-28-30-31-33-34-36-38-40-43-46-49-52-55-61(64)67-58-59(57-66-60(63)54-51-48-45-42-21-18-15-12-9-6-3)68-62(65)56-53-50-47-44-41-39-37-35-32-29-27-25-23-20-17-14-11-8-5-2/h12,15,22,24-25,27-28,30,33-34,59H,4-11,13-14,16-21,23,26,29,31-32,35-58H2,1-3H3/b15-12-,24-22-,27-25-,30-28-,34-33-. The van der Waals surface area contributed by atoms with Gasteiger partial charge in [-0.2, -0.15) is 0 Å². The molecule has 0 saturated heterocycles. The Kier molecular flexibility index (Phi) is 54.3.